The second-order valence-electron chi connectivity index (χ2n) is 5.99. The third-order valence-electron chi connectivity index (χ3n) is 3.87. The molecule has 1 aromatic carbocycles. The number of nitrogens with zero attached hydrogens (tertiary/aromatic N) is 1. The number of rotatable bonds is 8. The maximum absolute atomic E-state index is 12.5. The quantitative estimate of drug-likeness (QED) is 0.562. The van der Waals surface area contributed by atoms with Crippen LogP contribution in [-0.2, 0) is 19.1 Å². The van der Waals surface area contributed by atoms with E-state index in [9.17, 15) is 23.1 Å². The van der Waals surface area contributed by atoms with Crippen LogP contribution in [0.15, 0.2) is 48.7 Å². The number of amides is 1. The van der Waals surface area contributed by atoms with Crippen LogP contribution in [0.1, 0.15) is 16.8 Å². The van der Waals surface area contributed by atoms with Crippen molar-refractivity contribution in [2.24, 2.45) is 0 Å². The molecule has 0 bridgehead atoms. The molecule has 6 nitrogen and oxygen atoms in total. The molecule has 1 aromatic heterocycles. The van der Waals surface area contributed by atoms with Gasteiger partial charge in [0.25, 0.3) is 0 Å². The van der Waals surface area contributed by atoms with Crippen LogP contribution in [0.5, 0.6) is 0 Å². The highest BCUT2D eigenvalue weighted by atomic mass is 19.4. The topological polar surface area (TPSA) is 94.5 Å². The van der Waals surface area contributed by atoms with Crippen LogP contribution in [0.2, 0.25) is 0 Å². The number of nitrogens with one attached hydrogen (secondary N) is 2. The molecular weight excluding hydrogens is 363 g/mol. The fraction of sp³-hybridized carbons (Fsp3) is 0.333. The minimum Gasteiger partial charge on any atom is -0.465 e. The molecule has 0 saturated heterocycles. The number of carbonyl (C=O) groups is 1. The van der Waals surface area contributed by atoms with Crippen molar-refractivity contribution in [3.63, 3.8) is 0 Å². The summed E-state index contributed by atoms with van der Waals surface area (Å²) >= 11 is 0. The average Bonchev–Trinajstić information content (AvgIpc) is 2.61. The molecule has 0 radical (unpaired) electrons. The molecule has 2 aromatic rings. The molecule has 0 fully saturated rings. The van der Waals surface area contributed by atoms with Crippen LogP contribution in [0, 0.1) is 0 Å². The normalized spacial score (nSPS) is 13.8. The number of hydrogen-bond acceptors (Lipinski definition) is 4. The van der Waals surface area contributed by atoms with Gasteiger partial charge in [0.15, 0.2) is 0 Å². The van der Waals surface area contributed by atoms with E-state index in [1.807, 2.05) is 30.3 Å². The molecule has 9 heteroatoms. The van der Waals surface area contributed by atoms with Crippen molar-refractivity contribution >= 4 is 6.09 Å². The van der Waals surface area contributed by atoms with Crippen LogP contribution in [-0.4, -0.2) is 40.0 Å². The fourth-order valence-electron chi connectivity index (χ4n) is 2.51. The second kappa shape index (κ2) is 9.33. The zero-order chi connectivity index (χ0) is 19.9. The smallest absolute Gasteiger partial charge is 0.433 e. The molecule has 0 saturated carbocycles. The van der Waals surface area contributed by atoms with Crippen molar-refractivity contribution in [1.29, 1.82) is 0 Å². The Hall–Kier alpha value is -2.65. The van der Waals surface area contributed by atoms with E-state index in [1.165, 1.54) is 6.07 Å². The summed E-state index contributed by atoms with van der Waals surface area (Å²) in [5.74, 6) is 0. The number of aromatic nitrogens is 1. The second-order valence-corrected chi connectivity index (χ2v) is 5.99. The van der Waals surface area contributed by atoms with E-state index in [1.54, 1.807) is 0 Å². The maximum Gasteiger partial charge on any atom is 0.433 e. The lowest BCUT2D eigenvalue weighted by Crippen LogP contribution is -2.48. The monoisotopic (exact) mass is 383 g/mol. The Morgan fingerprint density at radius 2 is 1.81 bits per heavy atom. The Morgan fingerprint density at radius 3 is 2.37 bits per heavy atom. The molecule has 0 aliphatic carbocycles. The summed E-state index contributed by atoms with van der Waals surface area (Å²) in [5.41, 5.74) is 0.406. The maximum atomic E-state index is 12.5. The van der Waals surface area contributed by atoms with Gasteiger partial charge in [-0.3, -0.25) is 4.98 Å². The van der Waals surface area contributed by atoms with Crippen molar-refractivity contribution < 1.29 is 28.2 Å². The average molecular weight is 383 g/mol. The molecule has 2 atom stereocenters. The third kappa shape index (κ3) is 6.87. The first-order valence-electron chi connectivity index (χ1n) is 8.20. The van der Waals surface area contributed by atoms with Crippen LogP contribution < -0.4 is 10.6 Å². The Bertz CT molecular complexity index is 724. The van der Waals surface area contributed by atoms with Gasteiger partial charge in [0.05, 0.1) is 12.1 Å². The van der Waals surface area contributed by atoms with E-state index in [-0.39, 0.29) is 13.1 Å². The molecule has 0 spiro atoms. The van der Waals surface area contributed by atoms with Crippen LogP contribution in [0.4, 0.5) is 18.0 Å². The van der Waals surface area contributed by atoms with Crippen molar-refractivity contribution in [3.05, 3.63) is 65.5 Å². The minimum absolute atomic E-state index is 0.0544. The summed E-state index contributed by atoms with van der Waals surface area (Å²) in [5, 5.41) is 24.4. The molecule has 0 aliphatic rings. The Balaban J connectivity index is 1.89. The summed E-state index contributed by atoms with van der Waals surface area (Å²) in [6.07, 6.45) is -5.35. The minimum atomic E-state index is -4.49. The largest absolute Gasteiger partial charge is 0.465 e. The lowest BCUT2D eigenvalue weighted by atomic mass is 10.0. The molecule has 27 heavy (non-hydrogen) atoms. The number of aliphatic hydroxyl groups is 1. The van der Waals surface area contributed by atoms with Gasteiger partial charge in [-0.15, -0.1) is 0 Å². The standard InChI is InChI=1S/C18H20F3N3O3/c19-18(20,21)16-7-6-13(10-23-16)9-22-11-15(25)14(24-17(26)27)8-12-4-2-1-3-5-12/h1-7,10,14-15,22,24-25H,8-9,11H2,(H,26,27)/t14-,15+/m0/s1. The van der Waals surface area contributed by atoms with E-state index >= 15 is 0 Å². The molecule has 1 amide bonds. The van der Waals surface area contributed by atoms with Crippen molar-refractivity contribution in [2.45, 2.75) is 31.3 Å². The number of halogens is 3. The van der Waals surface area contributed by atoms with Crippen LogP contribution in [0.25, 0.3) is 0 Å². The summed E-state index contributed by atoms with van der Waals surface area (Å²) < 4.78 is 37.5. The molecule has 0 aliphatic heterocycles. The summed E-state index contributed by atoms with van der Waals surface area (Å²) in [7, 11) is 0. The number of carboxylic acid groups (broad SMARTS) is 1. The number of aliphatic hydroxyl groups excluding tert-OH is 1. The lowest BCUT2D eigenvalue weighted by molar-refractivity contribution is -0.141. The van der Waals surface area contributed by atoms with Gasteiger partial charge in [-0.1, -0.05) is 36.4 Å². The highest BCUT2D eigenvalue weighted by Crippen LogP contribution is 2.27. The number of alkyl halides is 3. The number of benzene rings is 1. The first kappa shape index (κ1) is 20.7. The SMILES string of the molecule is O=C(O)N[C@@H](Cc1ccccc1)[C@H](O)CNCc1ccc(C(F)(F)F)nc1. The van der Waals surface area contributed by atoms with Gasteiger partial charge in [-0.05, 0) is 23.6 Å². The third-order valence-corrected chi connectivity index (χ3v) is 3.87. The van der Waals surface area contributed by atoms with Crippen molar-refractivity contribution in [2.75, 3.05) is 6.54 Å². The molecular formula is C18H20F3N3O3. The molecule has 4 N–H and O–H groups in total. The van der Waals surface area contributed by atoms with Crippen molar-refractivity contribution in [3.8, 4) is 0 Å². The summed E-state index contributed by atoms with van der Waals surface area (Å²) in [6.45, 7) is 0.242. The van der Waals surface area contributed by atoms with E-state index in [2.05, 4.69) is 15.6 Å². The van der Waals surface area contributed by atoms with Gasteiger partial charge < -0.3 is 20.8 Å². The zero-order valence-electron chi connectivity index (χ0n) is 14.3. The predicted molar refractivity (Wildman–Crippen MR) is 92.0 cm³/mol. The van der Waals surface area contributed by atoms with Crippen molar-refractivity contribution in [1.82, 2.24) is 15.6 Å². The number of pyridine rings is 1. The summed E-state index contributed by atoms with van der Waals surface area (Å²) in [4.78, 5) is 14.3. The van der Waals surface area contributed by atoms with E-state index < -0.39 is 30.1 Å². The van der Waals surface area contributed by atoms with E-state index in [0.29, 0.717) is 12.0 Å². The Kier molecular flexibility index (Phi) is 7.14. The first-order chi connectivity index (χ1) is 12.8. The first-order valence-corrected chi connectivity index (χ1v) is 8.20. The fourth-order valence-corrected chi connectivity index (χ4v) is 2.51. The van der Waals surface area contributed by atoms with Gasteiger partial charge in [0, 0.05) is 19.3 Å². The molecule has 2 rings (SSSR count). The van der Waals surface area contributed by atoms with E-state index in [4.69, 9.17) is 5.11 Å². The molecule has 0 unspecified atom stereocenters. The summed E-state index contributed by atoms with van der Waals surface area (Å²) in [6, 6.07) is 10.6. The molecule has 146 valence electrons. The zero-order valence-corrected chi connectivity index (χ0v) is 14.3. The van der Waals surface area contributed by atoms with Gasteiger partial charge in [0.1, 0.15) is 5.69 Å². The van der Waals surface area contributed by atoms with Gasteiger partial charge in [-0.25, -0.2) is 4.79 Å². The Morgan fingerprint density at radius 1 is 1.11 bits per heavy atom. The number of hydrogen-bond donors (Lipinski definition) is 4. The molecule has 1 heterocycles. The lowest BCUT2D eigenvalue weighted by Gasteiger charge is -2.23. The Labute approximate surface area is 154 Å². The highest BCUT2D eigenvalue weighted by molar-refractivity contribution is 5.65. The predicted octanol–water partition coefficient (Wildman–Crippen LogP) is 2.43. The van der Waals surface area contributed by atoms with Gasteiger partial charge in [0.2, 0.25) is 0 Å². The van der Waals surface area contributed by atoms with Gasteiger partial charge in [-0.2, -0.15) is 13.2 Å². The van der Waals surface area contributed by atoms with Gasteiger partial charge >= 0.3 is 12.3 Å². The highest BCUT2D eigenvalue weighted by Gasteiger charge is 2.32. The van der Waals surface area contributed by atoms with Crippen LogP contribution >= 0.6 is 0 Å². The van der Waals surface area contributed by atoms with Crippen LogP contribution in [0.3, 0.4) is 0 Å². The van der Waals surface area contributed by atoms with E-state index in [0.717, 1.165) is 17.8 Å².